The number of methoxy groups -OCH3 is 1. The molecule has 8 heteroatoms. The number of carbonyl (C=O) groups is 1. The van der Waals surface area contributed by atoms with Crippen LogP contribution in [0.3, 0.4) is 0 Å². The van der Waals surface area contributed by atoms with Crippen LogP contribution in [0.4, 0.5) is 5.69 Å². The van der Waals surface area contributed by atoms with Crippen LogP contribution in [-0.4, -0.2) is 19.6 Å². The summed E-state index contributed by atoms with van der Waals surface area (Å²) >= 11 is 12.1. The number of nitrogens with zero attached hydrogens (tertiary/aromatic N) is 1. The predicted molar refractivity (Wildman–Crippen MR) is 134 cm³/mol. The van der Waals surface area contributed by atoms with E-state index in [-0.39, 0.29) is 12.2 Å². The molecule has 0 aromatic heterocycles. The number of hydrogen-bond donors (Lipinski definition) is 1. The number of rotatable bonds is 9. The number of anilines is 1. The first kappa shape index (κ1) is 25.0. The topological polar surface area (TPSA) is 80.6 Å². The van der Waals surface area contributed by atoms with Crippen molar-refractivity contribution in [2.75, 3.05) is 19.0 Å². The molecule has 1 N–H and O–H groups in total. The van der Waals surface area contributed by atoms with Crippen LogP contribution in [0.15, 0.2) is 66.2 Å². The summed E-state index contributed by atoms with van der Waals surface area (Å²) in [5.74, 6) is 1.17. The number of ether oxygens (including phenoxy) is 3. The zero-order valence-electron chi connectivity index (χ0n) is 18.6. The average molecular weight is 497 g/mol. The largest absolute Gasteiger partial charge is 0.493 e. The maximum atomic E-state index is 12.6. The van der Waals surface area contributed by atoms with E-state index in [2.05, 4.69) is 5.32 Å². The molecule has 3 rings (SSSR count). The Labute approximate surface area is 208 Å². The van der Waals surface area contributed by atoms with Crippen LogP contribution in [0.1, 0.15) is 18.1 Å². The lowest BCUT2D eigenvalue weighted by molar-refractivity contribution is -0.112. The minimum atomic E-state index is -0.531. The third-order valence-electron chi connectivity index (χ3n) is 4.69. The number of nitriles is 1. The van der Waals surface area contributed by atoms with Crippen molar-refractivity contribution in [1.29, 1.82) is 5.26 Å². The van der Waals surface area contributed by atoms with E-state index in [0.717, 1.165) is 5.56 Å². The molecule has 0 fully saturated rings. The molecule has 0 radical (unpaired) electrons. The molecule has 0 unspecified atom stereocenters. The Balaban J connectivity index is 1.65. The Morgan fingerprint density at radius 3 is 2.44 bits per heavy atom. The quantitative estimate of drug-likeness (QED) is 0.269. The van der Waals surface area contributed by atoms with Gasteiger partial charge in [0.15, 0.2) is 11.5 Å². The van der Waals surface area contributed by atoms with Gasteiger partial charge in [0.2, 0.25) is 0 Å². The van der Waals surface area contributed by atoms with Crippen LogP contribution in [-0.2, 0) is 11.4 Å². The first-order chi connectivity index (χ1) is 16.4. The maximum Gasteiger partial charge on any atom is 0.266 e. The summed E-state index contributed by atoms with van der Waals surface area (Å²) in [7, 11) is 1.53. The minimum Gasteiger partial charge on any atom is -0.493 e. The summed E-state index contributed by atoms with van der Waals surface area (Å²) in [5, 5.41) is 13.3. The Hall–Kier alpha value is -3.66. The predicted octanol–water partition coefficient (Wildman–Crippen LogP) is 6.53. The number of nitrogens with one attached hydrogen (secondary N) is 1. The molecule has 0 aliphatic rings. The fourth-order valence-electron chi connectivity index (χ4n) is 3.00. The molecule has 6 nitrogen and oxygen atoms in total. The number of hydrogen-bond acceptors (Lipinski definition) is 5. The van der Waals surface area contributed by atoms with E-state index < -0.39 is 5.91 Å². The number of carbonyl (C=O) groups excluding carboxylic acids is 1. The van der Waals surface area contributed by atoms with Crippen molar-refractivity contribution in [1.82, 2.24) is 0 Å². The first-order valence-electron chi connectivity index (χ1n) is 10.3. The van der Waals surface area contributed by atoms with E-state index in [9.17, 15) is 10.1 Å². The van der Waals surface area contributed by atoms with Gasteiger partial charge >= 0.3 is 0 Å². The van der Waals surface area contributed by atoms with Gasteiger partial charge in [0.1, 0.15) is 24.0 Å². The average Bonchev–Trinajstić information content (AvgIpc) is 2.83. The molecular weight excluding hydrogens is 475 g/mol. The second-order valence-corrected chi connectivity index (χ2v) is 7.86. The van der Waals surface area contributed by atoms with E-state index in [0.29, 0.717) is 45.2 Å². The van der Waals surface area contributed by atoms with Crippen LogP contribution in [0.5, 0.6) is 17.2 Å². The van der Waals surface area contributed by atoms with Gasteiger partial charge in [0.25, 0.3) is 5.91 Å². The zero-order valence-corrected chi connectivity index (χ0v) is 20.1. The molecule has 0 atom stereocenters. The smallest absolute Gasteiger partial charge is 0.266 e. The molecule has 3 aromatic rings. The van der Waals surface area contributed by atoms with E-state index in [1.807, 2.05) is 13.0 Å². The number of amides is 1. The molecule has 3 aromatic carbocycles. The molecule has 0 spiro atoms. The van der Waals surface area contributed by atoms with Crippen molar-refractivity contribution >= 4 is 40.9 Å². The standard InChI is InChI=1S/C26H22Cl2N2O4/c1-3-33-24-11-4-17(13-25(24)32-2)12-19(15-29)26(31)30-21-7-9-22(10-8-21)34-16-18-5-6-20(27)14-23(18)28/h4-14H,3,16H2,1-2H3,(H,30,31)/b19-12+. The van der Waals surface area contributed by atoms with Crippen LogP contribution in [0, 0.1) is 11.3 Å². The zero-order chi connectivity index (χ0) is 24.5. The molecule has 0 heterocycles. The van der Waals surface area contributed by atoms with Crippen LogP contribution >= 0.6 is 23.2 Å². The normalized spacial score (nSPS) is 10.9. The van der Waals surface area contributed by atoms with E-state index in [1.54, 1.807) is 60.7 Å². The lowest BCUT2D eigenvalue weighted by Gasteiger charge is -2.10. The first-order valence-corrected chi connectivity index (χ1v) is 11.1. The summed E-state index contributed by atoms with van der Waals surface area (Å²) < 4.78 is 16.6. The molecule has 34 heavy (non-hydrogen) atoms. The van der Waals surface area contributed by atoms with Crippen molar-refractivity contribution < 1.29 is 19.0 Å². The van der Waals surface area contributed by atoms with Gasteiger partial charge in [0.05, 0.1) is 13.7 Å². The Morgan fingerprint density at radius 1 is 1.03 bits per heavy atom. The SMILES string of the molecule is CCOc1ccc(/C=C(\C#N)C(=O)Nc2ccc(OCc3ccc(Cl)cc3Cl)cc2)cc1OC. The van der Waals surface area contributed by atoms with E-state index >= 15 is 0 Å². The van der Waals surface area contributed by atoms with Crippen molar-refractivity contribution in [2.24, 2.45) is 0 Å². The van der Waals surface area contributed by atoms with Gasteiger partial charge in [-0.15, -0.1) is 0 Å². The molecule has 1 amide bonds. The van der Waals surface area contributed by atoms with Gasteiger partial charge in [-0.25, -0.2) is 0 Å². The van der Waals surface area contributed by atoms with Gasteiger partial charge in [0, 0.05) is 21.3 Å². The van der Waals surface area contributed by atoms with Gasteiger partial charge in [-0.2, -0.15) is 5.26 Å². The highest BCUT2D eigenvalue weighted by Gasteiger charge is 2.11. The molecule has 0 saturated carbocycles. The highest BCUT2D eigenvalue weighted by Crippen LogP contribution is 2.29. The lowest BCUT2D eigenvalue weighted by Crippen LogP contribution is -2.13. The third-order valence-corrected chi connectivity index (χ3v) is 5.27. The Morgan fingerprint density at radius 2 is 1.79 bits per heavy atom. The van der Waals surface area contributed by atoms with E-state index in [4.69, 9.17) is 37.4 Å². The Kier molecular flexibility index (Phi) is 8.80. The minimum absolute atomic E-state index is 0.0519. The molecule has 0 aliphatic heterocycles. The lowest BCUT2D eigenvalue weighted by atomic mass is 10.1. The van der Waals surface area contributed by atoms with Gasteiger partial charge in [-0.3, -0.25) is 4.79 Å². The summed E-state index contributed by atoms with van der Waals surface area (Å²) in [5.41, 5.74) is 1.91. The summed E-state index contributed by atoms with van der Waals surface area (Å²) in [6, 6.07) is 19.1. The molecular formula is C26H22Cl2N2O4. The van der Waals surface area contributed by atoms with Crippen molar-refractivity contribution in [3.05, 3.63) is 87.4 Å². The van der Waals surface area contributed by atoms with Crippen molar-refractivity contribution in [2.45, 2.75) is 13.5 Å². The highest BCUT2D eigenvalue weighted by atomic mass is 35.5. The van der Waals surface area contributed by atoms with E-state index in [1.165, 1.54) is 13.2 Å². The maximum absolute atomic E-state index is 12.6. The molecule has 0 saturated heterocycles. The van der Waals surface area contributed by atoms with Crippen LogP contribution in [0.25, 0.3) is 6.08 Å². The fourth-order valence-corrected chi connectivity index (χ4v) is 3.46. The van der Waals surface area contributed by atoms with Crippen molar-refractivity contribution in [3.8, 4) is 23.3 Å². The summed E-state index contributed by atoms with van der Waals surface area (Å²) in [6.07, 6.45) is 1.49. The number of benzene rings is 3. The third kappa shape index (κ3) is 6.67. The van der Waals surface area contributed by atoms with Crippen molar-refractivity contribution in [3.63, 3.8) is 0 Å². The van der Waals surface area contributed by atoms with Crippen LogP contribution < -0.4 is 19.5 Å². The molecule has 0 aliphatic carbocycles. The highest BCUT2D eigenvalue weighted by molar-refractivity contribution is 6.35. The van der Waals surface area contributed by atoms with Gasteiger partial charge in [-0.05, 0) is 67.1 Å². The summed E-state index contributed by atoms with van der Waals surface area (Å²) in [6.45, 7) is 2.64. The monoisotopic (exact) mass is 496 g/mol. The second kappa shape index (κ2) is 12.0. The fraction of sp³-hybridized carbons (Fsp3) is 0.154. The Bertz CT molecular complexity index is 1230. The molecule has 0 bridgehead atoms. The number of halogens is 2. The summed E-state index contributed by atoms with van der Waals surface area (Å²) in [4.78, 5) is 12.6. The van der Waals surface area contributed by atoms with Crippen LogP contribution in [0.2, 0.25) is 10.0 Å². The van der Waals surface area contributed by atoms with Gasteiger partial charge in [-0.1, -0.05) is 35.3 Å². The van der Waals surface area contributed by atoms with Gasteiger partial charge < -0.3 is 19.5 Å². The second-order valence-electron chi connectivity index (χ2n) is 7.02. The molecule has 174 valence electrons.